The maximum atomic E-state index is 13.7. The van der Waals surface area contributed by atoms with Gasteiger partial charge < -0.3 is 14.2 Å². The van der Waals surface area contributed by atoms with E-state index in [1.807, 2.05) is 26.8 Å². The SMILES string of the molecule is CN1CCc2c(c3cc(F)ccc3n2CCC(=O)OC(C)(C)C)C1. The van der Waals surface area contributed by atoms with Crippen molar-refractivity contribution >= 4 is 16.9 Å². The molecule has 1 aromatic heterocycles. The van der Waals surface area contributed by atoms with Crippen LogP contribution >= 0.6 is 0 Å². The molecule has 0 atom stereocenters. The lowest BCUT2D eigenvalue weighted by Crippen LogP contribution is -2.28. The number of hydrogen-bond acceptors (Lipinski definition) is 3. The van der Waals surface area contributed by atoms with Crippen molar-refractivity contribution in [3.8, 4) is 0 Å². The fourth-order valence-corrected chi connectivity index (χ4v) is 3.41. The summed E-state index contributed by atoms with van der Waals surface area (Å²) < 4.78 is 21.3. The number of aryl methyl sites for hydroxylation is 1. The normalized spacial score (nSPS) is 15.5. The van der Waals surface area contributed by atoms with Gasteiger partial charge in [0.15, 0.2) is 0 Å². The second kappa shape index (κ2) is 6.20. The highest BCUT2D eigenvalue weighted by atomic mass is 19.1. The van der Waals surface area contributed by atoms with E-state index in [2.05, 4.69) is 16.5 Å². The maximum absolute atomic E-state index is 13.7. The van der Waals surface area contributed by atoms with E-state index in [4.69, 9.17) is 4.74 Å². The molecular weight excluding hydrogens is 307 g/mol. The van der Waals surface area contributed by atoms with Gasteiger partial charge in [0, 0.05) is 42.7 Å². The molecule has 1 aromatic carbocycles. The number of benzene rings is 1. The first-order valence-corrected chi connectivity index (χ1v) is 8.44. The number of carbonyl (C=O) groups excluding carboxylic acids is 1. The predicted octanol–water partition coefficient (Wildman–Crippen LogP) is 3.50. The van der Waals surface area contributed by atoms with Crippen LogP contribution in [0.2, 0.25) is 0 Å². The van der Waals surface area contributed by atoms with Gasteiger partial charge in [0.1, 0.15) is 11.4 Å². The van der Waals surface area contributed by atoms with Crippen molar-refractivity contribution in [1.29, 1.82) is 0 Å². The summed E-state index contributed by atoms with van der Waals surface area (Å²) in [4.78, 5) is 14.3. The Morgan fingerprint density at radius 1 is 1.33 bits per heavy atom. The molecule has 5 heteroatoms. The lowest BCUT2D eigenvalue weighted by Gasteiger charge is -2.24. The predicted molar refractivity (Wildman–Crippen MR) is 92.4 cm³/mol. The van der Waals surface area contributed by atoms with Gasteiger partial charge in [0.2, 0.25) is 0 Å². The number of halogens is 1. The molecule has 0 saturated carbocycles. The van der Waals surface area contributed by atoms with Gasteiger partial charge in [0.05, 0.1) is 6.42 Å². The minimum Gasteiger partial charge on any atom is -0.460 e. The second-order valence-electron chi connectivity index (χ2n) is 7.56. The highest BCUT2D eigenvalue weighted by Gasteiger charge is 2.23. The van der Waals surface area contributed by atoms with E-state index < -0.39 is 5.60 Å². The van der Waals surface area contributed by atoms with Crippen LogP contribution in [0.3, 0.4) is 0 Å². The molecule has 3 rings (SSSR count). The molecule has 0 saturated heterocycles. The van der Waals surface area contributed by atoms with E-state index in [0.29, 0.717) is 13.0 Å². The van der Waals surface area contributed by atoms with Crippen molar-refractivity contribution in [3.05, 3.63) is 35.3 Å². The van der Waals surface area contributed by atoms with Crippen LogP contribution in [0.1, 0.15) is 38.4 Å². The molecule has 0 aliphatic carbocycles. The number of carbonyl (C=O) groups is 1. The average molecular weight is 332 g/mol. The maximum Gasteiger partial charge on any atom is 0.308 e. The zero-order valence-electron chi connectivity index (χ0n) is 14.9. The van der Waals surface area contributed by atoms with Gasteiger partial charge in [-0.3, -0.25) is 4.79 Å². The van der Waals surface area contributed by atoms with Gasteiger partial charge in [-0.15, -0.1) is 0 Å². The third-order valence-corrected chi connectivity index (χ3v) is 4.37. The van der Waals surface area contributed by atoms with Gasteiger partial charge >= 0.3 is 5.97 Å². The molecule has 2 heterocycles. The molecule has 0 unspecified atom stereocenters. The highest BCUT2D eigenvalue weighted by molar-refractivity contribution is 5.86. The summed E-state index contributed by atoms with van der Waals surface area (Å²) in [5.74, 6) is -0.420. The number of ether oxygens (including phenoxy) is 1. The summed E-state index contributed by atoms with van der Waals surface area (Å²) in [7, 11) is 2.08. The molecule has 24 heavy (non-hydrogen) atoms. The standard InChI is InChI=1S/C19H25FN2O2/c1-19(2,3)24-18(23)8-10-22-16-6-5-13(20)11-14(16)15-12-21(4)9-7-17(15)22/h5-6,11H,7-10,12H2,1-4H3. The van der Waals surface area contributed by atoms with E-state index in [1.165, 1.54) is 17.3 Å². The van der Waals surface area contributed by atoms with Gasteiger partial charge in [-0.2, -0.15) is 0 Å². The van der Waals surface area contributed by atoms with Gasteiger partial charge in [-0.25, -0.2) is 4.39 Å². The second-order valence-corrected chi connectivity index (χ2v) is 7.56. The fraction of sp³-hybridized carbons (Fsp3) is 0.526. The van der Waals surface area contributed by atoms with Gasteiger partial charge in [-0.05, 0) is 51.6 Å². The lowest BCUT2D eigenvalue weighted by atomic mass is 10.0. The molecule has 0 amide bonds. The van der Waals surface area contributed by atoms with Crippen LogP contribution < -0.4 is 0 Å². The van der Waals surface area contributed by atoms with Crippen molar-refractivity contribution in [2.75, 3.05) is 13.6 Å². The fourth-order valence-electron chi connectivity index (χ4n) is 3.41. The molecule has 0 spiro atoms. The zero-order chi connectivity index (χ0) is 17.5. The smallest absolute Gasteiger partial charge is 0.308 e. The van der Waals surface area contributed by atoms with Crippen molar-refractivity contribution < 1.29 is 13.9 Å². The zero-order valence-corrected chi connectivity index (χ0v) is 14.9. The molecular formula is C19H25FN2O2. The first kappa shape index (κ1) is 17.0. The summed E-state index contributed by atoms with van der Waals surface area (Å²) in [5.41, 5.74) is 2.93. The Kier molecular flexibility index (Phi) is 4.38. The van der Waals surface area contributed by atoms with Crippen LogP contribution in [0.5, 0.6) is 0 Å². The Balaban J connectivity index is 1.92. The minimum atomic E-state index is -0.471. The molecule has 130 valence electrons. The van der Waals surface area contributed by atoms with Gasteiger partial charge in [-0.1, -0.05) is 0 Å². The summed E-state index contributed by atoms with van der Waals surface area (Å²) >= 11 is 0. The monoisotopic (exact) mass is 332 g/mol. The lowest BCUT2D eigenvalue weighted by molar-refractivity contribution is -0.155. The summed E-state index contributed by atoms with van der Waals surface area (Å²) in [6, 6.07) is 4.91. The quantitative estimate of drug-likeness (QED) is 0.807. The first-order chi connectivity index (χ1) is 11.2. The van der Waals surface area contributed by atoms with Crippen molar-refractivity contribution in [3.63, 3.8) is 0 Å². The Morgan fingerprint density at radius 2 is 2.08 bits per heavy atom. The largest absolute Gasteiger partial charge is 0.460 e. The van der Waals surface area contributed by atoms with Crippen LogP contribution in [0.4, 0.5) is 4.39 Å². The number of likely N-dealkylation sites (N-methyl/N-ethyl adjacent to an activating group) is 1. The molecule has 4 nitrogen and oxygen atoms in total. The number of esters is 1. The molecule has 1 aliphatic heterocycles. The molecule has 2 aromatic rings. The third kappa shape index (κ3) is 3.46. The number of fused-ring (bicyclic) bond motifs is 3. The number of aromatic nitrogens is 1. The van der Waals surface area contributed by atoms with Crippen molar-refractivity contribution in [1.82, 2.24) is 9.47 Å². The Morgan fingerprint density at radius 3 is 2.79 bits per heavy atom. The molecule has 1 aliphatic rings. The van der Waals surface area contributed by atoms with Crippen LogP contribution in [-0.4, -0.2) is 34.6 Å². The Hall–Kier alpha value is -1.88. The Bertz CT molecular complexity index is 774. The molecule has 0 fully saturated rings. The topological polar surface area (TPSA) is 34.5 Å². The van der Waals surface area contributed by atoms with E-state index in [9.17, 15) is 9.18 Å². The van der Waals surface area contributed by atoms with Crippen LogP contribution in [-0.2, 0) is 29.0 Å². The molecule has 0 radical (unpaired) electrons. The van der Waals surface area contributed by atoms with Crippen LogP contribution in [0.25, 0.3) is 10.9 Å². The molecule has 0 N–H and O–H groups in total. The van der Waals surface area contributed by atoms with Gasteiger partial charge in [0.25, 0.3) is 0 Å². The van der Waals surface area contributed by atoms with E-state index >= 15 is 0 Å². The summed E-state index contributed by atoms with van der Waals surface area (Å²) in [6.45, 7) is 7.96. The van der Waals surface area contributed by atoms with E-state index in [0.717, 1.165) is 30.4 Å². The number of rotatable bonds is 3. The van der Waals surface area contributed by atoms with Crippen molar-refractivity contribution in [2.24, 2.45) is 0 Å². The first-order valence-electron chi connectivity index (χ1n) is 8.44. The highest BCUT2D eigenvalue weighted by Crippen LogP contribution is 2.31. The third-order valence-electron chi connectivity index (χ3n) is 4.37. The van der Waals surface area contributed by atoms with E-state index in [-0.39, 0.29) is 11.8 Å². The molecule has 0 bridgehead atoms. The summed E-state index contributed by atoms with van der Waals surface area (Å²) in [6.07, 6.45) is 1.23. The number of hydrogen-bond donors (Lipinski definition) is 0. The summed E-state index contributed by atoms with van der Waals surface area (Å²) in [5, 5.41) is 0.959. The van der Waals surface area contributed by atoms with E-state index in [1.54, 1.807) is 6.07 Å². The van der Waals surface area contributed by atoms with Crippen LogP contribution in [0, 0.1) is 5.82 Å². The van der Waals surface area contributed by atoms with Crippen LogP contribution in [0.15, 0.2) is 18.2 Å². The average Bonchev–Trinajstić information content (AvgIpc) is 2.76. The van der Waals surface area contributed by atoms with Crippen molar-refractivity contribution in [2.45, 2.75) is 52.3 Å². The Labute approximate surface area is 142 Å². The number of nitrogens with zero attached hydrogens (tertiary/aromatic N) is 2. The minimum absolute atomic E-state index is 0.201.